The first kappa shape index (κ1) is 18.5. The van der Waals surface area contributed by atoms with Crippen LogP contribution in [0.5, 0.6) is 0 Å². The second-order valence-corrected chi connectivity index (χ2v) is 6.75. The number of piperidine rings is 1. The highest BCUT2D eigenvalue weighted by Crippen LogP contribution is 2.20. The number of aliphatic hydroxyl groups excluding tert-OH is 1. The van der Waals surface area contributed by atoms with E-state index in [-0.39, 0.29) is 30.4 Å². The first-order chi connectivity index (χ1) is 11.5. The molecule has 2 N–H and O–H groups in total. The summed E-state index contributed by atoms with van der Waals surface area (Å²) in [6.45, 7) is 4.70. The Bertz CT molecular complexity index is 545. The van der Waals surface area contributed by atoms with Gasteiger partial charge in [0.1, 0.15) is 6.04 Å². The largest absolute Gasteiger partial charge is 0.396 e. The van der Waals surface area contributed by atoms with Crippen molar-refractivity contribution < 1.29 is 14.7 Å². The number of rotatable bonds is 6. The molecule has 1 saturated heterocycles. The maximum atomic E-state index is 12.8. The summed E-state index contributed by atoms with van der Waals surface area (Å²) in [4.78, 5) is 27.2. The van der Waals surface area contributed by atoms with Crippen LogP contribution in [0.1, 0.15) is 49.9 Å². The van der Waals surface area contributed by atoms with E-state index in [1.165, 1.54) is 0 Å². The van der Waals surface area contributed by atoms with E-state index in [2.05, 4.69) is 5.32 Å². The molecule has 2 unspecified atom stereocenters. The second-order valence-electron chi connectivity index (χ2n) is 6.75. The molecule has 1 fully saturated rings. The van der Waals surface area contributed by atoms with Crippen LogP contribution in [0.3, 0.4) is 0 Å². The SMILES string of the molecule is CC(C)C(CCO)NC(=O)C1CCCCN1C(=O)c1ccccc1. The molecule has 0 saturated carbocycles. The molecule has 0 aromatic heterocycles. The molecule has 0 bridgehead atoms. The van der Waals surface area contributed by atoms with E-state index in [4.69, 9.17) is 0 Å². The summed E-state index contributed by atoms with van der Waals surface area (Å²) in [6, 6.07) is 8.62. The Labute approximate surface area is 144 Å². The first-order valence-corrected chi connectivity index (χ1v) is 8.82. The number of carbonyl (C=O) groups is 2. The highest BCUT2D eigenvalue weighted by Gasteiger charge is 2.33. The lowest BCUT2D eigenvalue weighted by Gasteiger charge is -2.36. The quantitative estimate of drug-likeness (QED) is 0.839. The number of benzene rings is 1. The molecule has 2 rings (SSSR count). The zero-order valence-corrected chi connectivity index (χ0v) is 14.6. The van der Waals surface area contributed by atoms with Gasteiger partial charge in [-0.3, -0.25) is 9.59 Å². The van der Waals surface area contributed by atoms with Gasteiger partial charge in [0.05, 0.1) is 0 Å². The monoisotopic (exact) mass is 332 g/mol. The Morgan fingerprint density at radius 1 is 1.25 bits per heavy atom. The summed E-state index contributed by atoms with van der Waals surface area (Å²) >= 11 is 0. The Balaban J connectivity index is 2.10. The number of hydrogen-bond acceptors (Lipinski definition) is 3. The predicted octanol–water partition coefficient (Wildman–Crippen LogP) is 2.20. The lowest BCUT2D eigenvalue weighted by Crippen LogP contribution is -2.54. The topological polar surface area (TPSA) is 69.6 Å². The molecule has 1 aliphatic rings. The average Bonchev–Trinajstić information content (AvgIpc) is 2.61. The van der Waals surface area contributed by atoms with Gasteiger partial charge >= 0.3 is 0 Å². The van der Waals surface area contributed by atoms with Crippen LogP contribution in [-0.4, -0.2) is 47.1 Å². The second kappa shape index (κ2) is 8.83. The van der Waals surface area contributed by atoms with Gasteiger partial charge in [0.2, 0.25) is 5.91 Å². The summed E-state index contributed by atoms with van der Waals surface area (Å²) in [6.07, 6.45) is 3.09. The maximum absolute atomic E-state index is 12.8. The summed E-state index contributed by atoms with van der Waals surface area (Å²) in [5, 5.41) is 12.2. The van der Waals surface area contributed by atoms with Crippen LogP contribution in [0.2, 0.25) is 0 Å². The van der Waals surface area contributed by atoms with Gasteiger partial charge in [-0.2, -0.15) is 0 Å². The van der Waals surface area contributed by atoms with Crippen molar-refractivity contribution in [3.8, 4) is 0 Å². The number of nitrogens with one attached hydrogen (secondary N) is 1. The maximum Gasteiger partial charge on any atom is 0.254 e. The van der Waals surface area contributed by atoms with Crippen LogP contribution >= 0.6 is 0 Å². The zero-order valence-electron chi connectivity index (χ0n) is 14.6. The van der Waals surface area contributed by atoms with Crippen molar-refractivity contribution in [1.82, 2.24) is 10.2 Å². The normalized spacial score (nSPS) is 19.2. The minimum Gasteiger partial charge on any atom is -0.396 e. The molecule has 0 radical (unpaired) electrons. The Kier molecular flexibility index (Phi) is 6.79. The van der Waals surface area contributed by atoms with Gasteiger partial charge in [-0.15, -0.1) is 0 Å². The molecule has 5 nitrogen and oxygen atoms in total. The van der Waals surface area contributed by atoms with Gasteiger partial charge in [0.15, 0.2) is 0 Å². The van der Waals surface area contributed by atoms with Crippen molar-refractivity contribution in [2.75, 3.05) is 13.2 Å². The van der Waals surface area contributed by atoms with E-state index in [0.717, 1.165) is 12.8 Å². The number of nitrogens with zero attached hydrogens (tertiary/aromatic N) is 1. The van der Waals surface area contributed by atoms with E-state index < -0.39 is 6.04 Å². The van der Waals surface area contributed by atoms with Gasteiger partial charge in [-0.05, 0) is 43.7 Å². The third-order valence-corrected chi connectivity index (χ3v) is 4.66. The molecule has 0 aliphatic carbocycles. The fourth-order valence-electron chi connectivity index (χ4n) is 3.18. The van der Waals surface area contributed by atoms with Gasteiger partial charge in [0, 0.05) is 24.8 Å². The number of amides is 2. The van der Waals surface area contributed by atoms with Gasteiger partial charge < -0.3 is 15.3 Å². The third kappa shape index (κ3) is 4.57. The molecule has 1 aliphatic heterocycles. The zero-order chi connectivity index (χ0) is 17.5. The minimum atomic E-state index is -0.425. The molecule has 1 heterocycles. The molecular formula is C19H28N2O3. The first-order valence-electron chi connectivity index (χ1n) is 8.82. The van der Waals surface area contributed by atoms with Crippen LogP contribution in [0, 0.1) is 5.92 Å². The van der Waals surface area contributed by atoms with E-state index in [1.54, 1.807) is 17.0 Å². The Morgan fingerprint density at radius 2 is 1.96 bits per heavy atom. The van der Waals surface area contributed by atoms with Gasteiger partial charge in [0.25, 0.3) is 5.91 Å². The van der Waals surface area contributed by atoms with E-state index >= 15 is 0 Å². The molecule has 1 aromatic carbocycles. The fourth-order valence-corrected chi connectivity index (χ4v) is 3.18. The lowest BCUT2D eigenvalue weighted by molar-refractivity contribution is -0.127. The molecular weight excluding hydrogens is 304 g/mol. The van der Waals surface area contributed by atoms with Crippen LogP contribution in [-0.2, 0) is 4.79 Å². The van der Waals surface area contributed by atoms with E-state index in [9.17, 15) is 14.7 Å². The summed E-state index contributed by atoms with van der Waals surface area (Å²) in [5.41, 5.74) is 0.618. The summed E-state index contributed by atoms with van der Waals surface area (Å²) < 4.78 is 0. The molecule has 132 valence electrons. The van der Waals surface area contributed by atoms with Crippen molar-refractivity contribution >= 4 is 11.8 Å². The van der Waals surface area contributed by atoms with E-state index in [0.29, 0.717) is 24.9 Å². The van der Waals surface area contributed by atoms with Crippen molar-refractivity contribution in [2.24, 2.45) is 5.92 Å². The molecule has 5 heteroatoms. The van der Waals surface area contributed by atoms with Crippen LogP contribution in [0.25, 0.3) is 0 Å². The molecule has 2 amide bonds. The number of likely N-dealkylation sites (tertiary alicyclic amines) is 1. The van der Waals surface area contributed by atoms with Gasteiger partial charge in [-0.1, -0.05) is 32.0 Å². The smallest absolute Gasteiger partial charge is 0.254 e. The molecule has 0 spiro atoms. The molecule has 2 atom stereocenters. The highest BCUT2D eigenvalue weighted by molar-refractivity contribution is 5.97. The van der Waals surface area contributed by atoms with Crippen molar-refractivity contribution in [3.63, 3.8) is 0 Å². The summed E-state index contributed by atoms with van der Waals surface area (Å²) in [5.74, 6) is 0.0489. The highest BCUT2D eigenvalue weighted by atomic mass is 16.3. The number of aliphatic hydroxyl groups is 1. The lowest BCUT2D eigenvalue weighted by atomic mass is 9.97. The van der Waals surface area contributed by atoms with Crippen LogP contribution in [0.4, 0.5) is 0 Å². The van der Waals surface area contributed by atoms with E-state index in [1.807, 2.05) is 32.0 Å². The van der Waals surface area contributed by atoms with Crippen molar-refractivity contribution in [3.05, 3.63) is 35.9 Å². The minimum absolute atomic E-state index is 0.0421. The average molecular weight is 332 g/mol. The third-order valence-electron chi connectivity index (χ3n) is 4.66. The Hall–Kier alpha value is -1.88. The van der Waals surface area contributed by atoms with Crippen LogP contribution < -0.4 is 5.32 Å². The molecule has 24 heavy (non-hydrogen) atoms. The number of carbonyl (C=O) groups excluding carboxylic acids is 2. The fraction of sp³-hybridized carbons (Fsp3) is 0.579. The summed E-state index contributed by atoms with van der Waals surface area (Å²) in [7, 11) is 0. The molecule has 1 aromatic rings. The van der Waals surface area contributed by atoms with Crippen LogP contribution in [0.15, 0.2) is 30.3 Å². The van der Waals surface area contributed by atoms with Crippen molar-refractivity contribution in [2.45, 2.75) is 51.6 Å². The number of hydrogen-bond donors (Lipinski definition) is 2. The van der Waals surface area contributed by atoms with Gasteiger partial charge in [-0.25, -0.2) is 0 Å². The van der Waals surface area contributed by atoms with Crippen molar-refractivity contribution in [1.29, 1.82) is 0 Å². The standard InChI is InChI=1S/C19H28N2O3/c1-14(2)16(11-13-22)20-18(23)17-10-6-7-12-21(17)19(24)15-8-4-3-5-9-15/h3-5,8-9,14,16-17,22H,6-7,10-13H2,1-2H3,(H,20,23). The predicted molar refractivity (Wildman–Crippen MR) is 93.6 cm³/mol. The Morgan fingerprint density at radius 3 is 2.58 bits per heavy atom.